The number of aryl methyl sites for hydroxylation is 1. The first-order valence-electron chi connectivity index (χ1n) is 10.2. The van der Waals surface area contributed by atoms with Gasteiger partial charge >= 0.3 is 12.1 Å². The SMILES string of the molecule is CCCCc1nc(Cl)c(CO)n1Cc1ccc(-c2ccccc2)c(NC(=O)C(F)(F)F)c1. The molecule has 32 heavy (non-hydrogen) atoms. The lowest BCUT2D eigenvalue weighted by Crippen LogP contribution is -2.30. The number of aliphatic hydroxyl groups is 1. The Kier molecular flexibility index (Phi) is 7.58. The molecule has 5 nitrogen and oxygen atoms in total. The van der Waals surface area contributed by atoms with E-state index in [0.717, 1.165) is 12.8 Å². The van der Waals surface area contributed by atoms with E-state index in [1.807, 2.05) is 12.2 Å². The summed E-state index contributed by atoms with van der Waals surface area (Å²) in [5, 5.41) is 11.9. The molecule has 0 aliphatic carbocycles. The summed E-state index contributed by atoms with van der Waals surface area (Å²) in [7, 11) is 0. The van der Waals surface area contributed by atoms with Crippen molar-refractivity contribution < 1.29 is 23.1 Å². The molecule has 1 heterocycles. The molecule has 3 aromatic rings. The molecule has 0 saturated carbocycles. The molecule has 0 fully saturated rings. The molecule has 170 valence electrons. The van der Waals surface area contributed by atoms with Gasteiger partial charge in [-0.15, -0.1) is 0 Å². The quantitative estimate of drug-likeness (QED) is 0.456. The van der Waals surface area contributed by atoms with Crippen LogP contribution in [0.1, 0.15) is 36.8 Å². The van der Waals surface area contributed by atoms with E-state index < -0.39 is 12.1 Å². The molecule has 1 aromatic heterocycles. The Morgan fingerprint density at radius 3 is 2.53 bits per heavy atom. The molecule has 2 N–H and O–H groups in total. The maximum atomic E-state index is 12.9. The van der Waals surface area contributed by atoms with Gasteiger partial charge in [0.05, 0.1) is 12.3 Å². The van der Waals surface area contributed by atoms with Crippen LogP contribution in [0.15, 0.2) is 48.5 Å². The zero-order valence-electron chi connectivity index (χ0n) is 17.4. The van der Waals surface area contributed by atoms with Crippen molar-refractivity contribution in [3.63, 3.8) is 0 Å². The summed E-state index contributed by atoms with van der Waals surface area (Å²) in [6.45, 7) is 1.95. The van der Waals surface area contributed by atoms with Crippen molar-refractivity contribution in [2.75, 3.05) is 5.32 Å². The summed E-state index contributed by atoms with van der Waals surface area (Å²) in [6, 6.07) is 13.8. The van der Waals surface area contributed by atoms with Crippen molar-refractivity contribution in [1.29, 1.82) is 0 Å². The number of anilines is 1. The number of aliphatic hydroxyl groups excluding tert-OH is 1. The van der Waals surface area contributed by atoms with Crippen LogP contribution < -0.4 is 5.32 Å². The van der Waals surface area contributed by atoms with Crippen LogP contribution in [-0.4, -0.2) is 26.7 Å². The third-order valence-corrected chi connectivity index (χ3v) is 5.32. The molecule has 0 aliphatic heterocycles. The second kappa shape index (κ2) is 10.2. The highest BCUT2D eigenvalue weighted by Crippen LogP contribution is 2.31. The molecule has 2 aromatic carbocycles. The minimum atomic E-state index is -5.01. The summed E-state index contributed by atoms with van der Waals surface area (Å²) in [4.78, 5) is 16.0. The maximum absolute atomic E-state index is 12.9. The molecule has 0 atom stereocenters. The van der Waals surface area contributed by atoms with Crippen molar-refractivity contribution in [2.24, 2.45) is 0 Å². The summed E-state index contributed by atoms with van der Waals surface area (Å²) in [5.74, 6) is -1.36. The van der Waals surface area contributed by atoms with Gasteiger partial charge in [0.15, 0.2) is 5.15 Å². The van der Waals surface area contributed by atoms with Crippen LogP contribution in [0.4, 0.5) is 18.9 Å². The van der Waals surface area contributed by atoms with E-state index in [-0.39, 0.29) is 24.0 Å². The van der Waals surface area contributed by atoms with Gasteiger partial charge in [0.1, 0.15) is 5.82 Å². The van der Waals surface area contributed by atoms with E-state index in [2.05, 4.69) is 4.98 Å². The van der Waals surface area contributed by atoms with Gasteiger partial charge in [-0.2, -0.15) is 13.2 Å². The number of alkyl halides is 3. The minimum Gasteiger partial charge on any atom is -0.390 e. The van der Waals surface area contributed by atoms with Gasteiger partial charge in [0, 0.05) is 24.2 Å². The van der Waals surface area contributed by atoms with Gasteiger partial charge in [-0.25, -0.2) is 4.98 Å². The van der Waals surface area contributed by atoms with Crippen LogP contribution >= 0.6 is 11.6 Å². The number of imidazole rings is 1. The molecule has 0 unspecified atom stereocenters. The lowest BCUT2D eigenvalue weighted by atomic mass is 10.0. The number of carbonyl (C=O) groups excluding carboxylic acids is 1. The molecule has 9 heteroatoms. The van der Waals surface area contributed by atoms with Gasteiger partial charge in [-0.05, 0) is 23.6 Å². The lowest BCUT2D eigenvalue weighted by molar-refractivity contribution is -0.167. The fraction of sp³-hybridized carbons (Fsp3) is 0.304. The van der Waals surface area contributed by atoms with E-state index in [9.17, 15) is 23.1 Å². The Morgan fingerprint density at radius 1 is 1.19 bits per heavy atom. The van der Waals surface area contributed by atoms with Gasteiger partial charge in [0.25, 0.3) is 0 Å². The fourth-order valence-corrected chi connectivity index (χ4v) is 3.67. The number of hydrogen-bond acceptors (Lipinski definition) is 3. The molecular formula is C23H23ClF3N3O2. The fourth-order valence-electron chi connectivity index (χ4n) is 3.41. The average Bonchev–Trinajstić information content (AvgIpc) is 3.06. The predicted octanol–water partition coefficient (Wildman–Crippen LogP) is 5.59. The van der Waals surface area contributed by atoms with Crippen molar-refractivity contribution in [1.82, 2.24) is 9.55 Å². The van der Waals surface area contributed by atoms with Crippen molar-refractivity contribution in [2.45, 2.75) is 45.5 Å². The van der Waals surface area contributed by atoms with Gasteiger partial charge in [0.2, 0.25) is 0 Å². The van der Waals surface area contributed by atoms with E-state index in [1.165, 1.54) is 6.07 Å². The molecule has 0 spiro atoms. The van der Waals surface area contributed by atoms with Crippen molar-refractivity contribution in [3.05, 3.63) is 70.8 Å². The lowest BCUT2D eigenvalue weighted by Gasteiger charge is -2.16. The Morgan fingerprint density at radius 2 is 1.91 bits per heavy atom. The Hall–Kier alpha value is -2.84. The standard InChI is InChI=1S/C23H23ClF3N3O2/c1-2-3-9-20-29-21(24)19(14-31)30(20)13-15-10-11-17(16-7-5-4-6-8-16)18(12-15)28-22(32)23(25,26)27/h4-8,10-12,31H,2-3,9,13-14H2,1H3,(H,28,32). The number of unbranched alkanes of at least 4 members (excludes halogenated alkanes) is 1. The third-order valence-electron chi connectivity index (χ3n) is 5.02. The van der Waals surface area contributed by atoms with E-state index in [0.29, 0.717) is 34.6 Å². The Labute approximate surface area is 188 Å². The number of nitrogens with one attached hydrogen (secondary N) is 1. The molecule has 0 aliphatic rings. The van der Waals surface area contributed by atoms with Crippen LogP contribution in [0, 0.1) is 0 Å². The normalized spacial score (nSPS) is 11.6. The Bertz CT molecular complexity index is 1080. The Balaban J connectivity index is 2.02. The number of nitrogens with zero attached hydrogens (tertiary/aromatic N) is 2. The first-order valence-corrected chi connectivity index (χ1v) is 10.5. The number of hydrogen-bond donors (Lipinski definition) is 2. The monoisotopic (exact) mass is 465 g/mol. The highest BCUT2D eigenvalue weighted by molar-refractivity contribution is 6.30. The van der Waals surface area contributed by atoms with Gasteiger partial charge in [-0.3, -0.25) is 4.79 Å². The second-order valence-electron chi connectivity index (χ2n) is 7.31. The topological polar surface area (TPSA) is 67.2 Å². The summed E-state index contributed by atoms with van der Waals surface area (Å²) in [5.41, 5.74) is 2.24. The van der Waals surface area contributed by atoms with Crippen molar-refractivity contribution >= 4 is 23.2 Å². The average molecular weight is 466 g/mol. The number of aromatic nitrogens is 2. The second-order valence-corrected chi connectivity index (χ2v) is 7.67. The number of carbonyl (C=O) groups is 1. The summed E-state index contributed by atoms with van der Waals surface area (Å²) in [6.07, 6.45) is -2.55. The number of halogens is 4. The molecule has 0 saturated heterocycles. The van der Waals surface area contributed by atoms with Gasteiger partial charge in [-0.1, -0.05) is 67.4 Å². The van der Waals surface area contributed by atoms with Crippen LogP contribution in [0.5, 0.6) is 0 Å². The summed E-state index contributed by atoms with van der Waals surface area (Å²) >= 11 is 6.18. The number of benzene rings is 2. The molecule has 3 rings (SSSR count). The van der Waals surface area contributed by atoms with Gasteiger partial charge < -0.3 is 15.0 Å². The molecular weight excluding hydrogens is 443 g/mol. The molecule has 1 amide bonds. The zero-order valence-corrected chi connectivity index (χ0v) is 18.2. The van der Waals surface area contributed by atoms with Crippen LogP contribution in [0.2, 0.25) is 5.15 Å². The number of amides is 1. The molecule has 0 bridgehead atoms. The summed E-state index contributed by atoms with van der Waals surface area (Å²) < 4.78 is 40.5. The predicted molar refractivity (Wildman–Crippen MR) is 117 cm³/mol. The third kappa shape index (κ3) is 5.49. The van der Waals surface area contributed by atoms with E-state index in [1.54, 1.807) is 47.0 Å². The number of rotatable bonds is 8. The van der Waals surface area contributed by atoms with E-state index in [4.69, 9.17) is 11.6 Å². The van der Waals surface area contributed by atoms with Crippen LogP contribution in [0.25, 0.3) is 11.1 Å². The molecule has 0 radical (unpaired) electrons. The maximum Gasteiger partial charge on any atom is 0.471 e. The van der Waals surface area contributed by atoms with Crippen molar-refractivity contribution in [3.8, 4) is 11.1 Å². The first kappa shape index (κ1) is 23.8. The van der Waals surface area contributed by atoms with E-state index >= 15 is 0 Å². The highest BCUT2D eigenvalue weighted by Gasteiger charge is 2.39. The van der Waals surface area contributed by atoms with Crippen LogP contribution in [-0.2, 0) is 24.4 Å². The highest BCUT2D eigenvalue weighted by atomic mass is 35.5. The largest absolute Gasteiger partial charge is 0.471 e. The first-order chi connectivity index (χ1) is 15.2. The zero-order chi connectivity index (χ0) is 23.3. The minimum absolute atomic E-state index is 0.0443. The van der Waals surface area contributed by atoms with Crippen LogP contribution in [0.3, 0.4) is 0 Å². The smallest absolute Gasteiger partial charge is 0.390 e.